The van der Waals surface area contributed by atoms with E-state index < -0.39 is 5.78 Å². The van der Waals surface area contributed by atoms with Crippen LogP contribution in [-0.2, 0) is 0 Å². The van der Waals surface area contributed by atoms with Gasteiger partial charge in [0.2, 0.25) is 17.3 Å². The van der Waals surface area contributed by atoms with Crippen LogP contribution in [0.3, 0.4) is 0 Å². The Morgan fingerprint density at radius 2 is 0.717 bits per heavy atom. The van der Waals surface area contributed by atoms with Crippen molar-refractivity contribution in [3.8, 4) is 46.0 Å². The smallest absolute Gasteiger partial charge is 0.208 e. The number of ether oxygens (including phenoxy) is 6. The van der Waals surface area contributed by atoms with Gasteiger partial charge < -0.3 is 38.6 Å². The fourth-order valence-corrected chi connectivity index (χ4v) is 4.47. The van der Waals surface area contributed by atoms with Gasteiger partial charge in [0.05, 0.1) is 39.6 Å². The first-order valence-corrected chi connectivity index (χ1v) is 17.5. The zero-order valence-electron chi connectivity index (χ0n) is 29.1. The lowest BCUT2D eigenvalue weighted by Crippen LogP contribution is -2.16. The van der Waals surface area contributed by atoms with Crippen molar-refractivity contribution >= 4 is 5.78 Å². The van der Waals surface area contributed by atoms with Crippen LogP contribution in [0.15, 0.2) is 12.1 Å². The highest BCUT2D eigenvalue weighted by atomic mass is 16.5. The Morgan fingerprint density at radius 3 is 1.00 bits per heavy atom. The summed E-state index contributed by atoms with van der Waals surface area (Å²) >= 11 is 0. The molecule has 260 valence electrons. The van der Waals surface area contributed by atoms with Gasteiger partial charge in [-0.1, -0.05) is 80.1 Å². The normalized spacial score (nSPS) is 10.9. The Kier molecular flexibility index (Phi) is 18.6. The standard InChI is InChI=1S/C37H58O9/c1-7-13-19-41-29-25-27(38)34(43-21-15-9-3)36(45-23-17-11-5)31(29)33(40)32-30(42-20-14-8-2)26-28(39)35(44-22-16-10-4)37(32)46-24-18-12-6/h25-26,38-39H,7-24H2,1-6H3. The predicted molar refractivity (Wildman–Crippen MR) is 182 cm³/mol. The summed E-state index contributed by atoms with van der Waals surface area (Å²) in [5, 5.41) is 22.3. The third-order valence-electron chi connectivity index (χ3n) is 7.30. The van der Waals surface area contributed by atoms with Crippen LogP contribution in [0.5, 0.6) is 46.0 Å². The maximum atomic E-state index is 15.1. The summed E-state index contributed by atoms with van der Waals surface area (Å²) in [6.45, 7) is 14.2. The largest absolute Gasteiger partial charge is 0.504 e. The lowest BCUT2D eigenvalue weighted by atomic mass is 9.97. The number of carbonyl (C=O) groups is 1. The van der Waals surface area contributed by atoms with Crippen LogP contribution >= 0.6 is 0 Å². The second-order valence-electron chi connectivity index (χ2n) is 11.4. The predicted octanol–water partition coefficient (Wildman–Crippen LogP) is 9.40. The topological polar surface area (TPSA) is 113 Å². The molecule has 0 aromatic heterocycles. The molecule has 46 heavy (non-hydrogen) atoms. The van der Waals surface area contributed by atoms with E-state index in [1.165, 1.54) is 12.1 Å². The van der Waals surface area contributed by atoms with Gasteiger partial charge in [-0.3, -0.25) is 4.79 Å². The molecule has 0 unspecified atom stereocenters. The highest BCUT2D eigenvalue weighted by molar-refractivity contribution is 6.17. The minimum atomic E-state index is -0.503. The van der Waals surface area contributed by atoms with E-state index in [2.05, 4.69) is 0 Å². The molecular formula is C37H58O9. The molecule has 0 saturated carbocycles. The molecule has 0 heterocycles. The van der Waals surface area contributed by atoms with E-state index in [1.54, 1.807) is 0 Å². The Hall–Kier alpha value is -3.49. The zero-order chi connectivity index (χ0) is 33.7. The summed E-state index contributed by atoms with van der Waals surface area (Å²) in [5.41, 5.74) is 0.199. The fourth-order valence-electron chi connectivity index (χ4n) is 4.47. The second-order valence-corrected chi connectivity index (χ2v) is 11.4. The van der Waals surface area contributed by atoms with Crippen molar-refractivity contribution in [3.63, 3.8) is 0 Å². The van der Waals surface area contributed by atoms with Crippen LogP contribution in [-0.4, -0.2) is 55.6 Å². The average Bonchev–Trinajstić information content (AvgIpc) is 3.04. The molecule has 9 heteroatoms. The highest BCUT2D eigenvalue weighted by Crippen LogP contribution is 2.51. The summed E-state index contributed by atoms with van der Waals surface area (Å²) < 4.78 is 37.0. The summed E-state index contributed by atoms with van der Waals surface area (Å²) in [4.78, 5) is 15.1. The Balaban J connectivity index is 2.94. The van der Waals surface area contributed by atoms with Gasteiger partial charge in [-0.2, -0.15) is 0 Å². The van der Waals surface area contributed by atoms with Gasteiger partial charge in [0, 0.05) is 12.1 Å². The minimum Gasteiger partial charge on any atom is -0.504 e. The maximum Gasteiger partial charge on any atom is 0.208 e. The number of ketones is 1. The lowest BCUT2D eigenvalue weighted by molar-refractivity contribution is 0.101. The van der Waals surface area contributed by atoms with E-state index in [0.29, 0.717) is 39.6 Å². The Labute approximate surface area is 276 Å². The number of unbranched alkanes of at least 4 members (excludes halogenated alkanes) is 6. The number of carbonyl (C=O) groups excluding carboxylic acids is 1. The van der Waals surface area contributed by atoms with E-state index in [9.17, 15) is 10.2 Å². The first-order valence-electron chi connectivity index (χ1n) is 17.5. The highest BCUT2D eigenvalue weighted by Gasteiger charge is 2.34. The summed E-state index contributed by atoms with van der Waals surface area (Å²) in [5.74, 6) is -0.0826. The summed E-state index contributed by atoms with van der Waals surface area (Å²) in [6, 6.07) is 2.84. The van der Waals surface area contributed by atoms with Crippen LogP contribution in [0.2, 0.25) is 0 Å². The quantitative estimate of drug-likeness (QED) is 0.0762. The molecule has 0 aliphatic carbocycles. The van der Waals surface area contributed by atoms with Crippen molar-refractivity contribution in [2.75, 3.05) is 39.6 Å². The van der Waals surface area contributed by atoms with Crippen molar-refractivity contribution in [1.29, 1.82) is 0 Å². The zero-order valence-corrected chi connectivity index (χ0v) is 29.1. The maximum absolute atomic E-state index is 15.1. The lowest BCUT2D eigenvalue weighted by Gasteiger charge is -2.23. The van der Waals surface area contributed by atoms with E-state index >= 15 is 4.79 Å². The molecule has 2 N–H and O–H groups in total. The Morgan fingerprint density at radius 1 is 0.457 bits per heavy atom. The Bertz CT molecular complexity index is 1090. The van der Waals surface area contributed by atoms with Crippen LogP contribution in [0.4, 0.5) is 0 Å². The number of phenols is 2. The van der Waals surface area contributed by atoms with Crippen molar-refractivity contribution < 1.29 is 43.4 Å². The van der Waals surface area contributed by atoms with Crippen molar-refractivity contribution in [3.05, 3.63) is 23.3 Å². The van der Waals surface area contributed by atoms with Crippen LogP contribution in [0, 0.1) is 0 Å². The molecular weight excluding hydrogens is 588 g/mol. The molecule has 0 atom stereocenters. The molecule has 0 saturated heterocycles. The van der Waals surface area contributed by atoms with Crippen molar-refractivity contribution in [2.45, 2.75) is 119 Å². The molecule has 0 aliphatic rings. The van der Waals surface area contributed by atoms with Crippen LogP contribution < -0.4 is 28.4 Å². The first-order chi connectivity index (χ1) is 22.4. The van der Waals surface area contributed by atoms with Crippen molar-refractivity contribution in [2.24, 2.45) is 0 Å². The monoisotopic (exact) mass is 646 g/mol. The van der Waals surface area contributed by atoms with Crippen LogP contribution in [0.1, 0.15) is 135 Å². The summed E-state index contributed by atoms with van der Waals surface area (Å²) in [7, 11) is 0. The third kappa shape index (κ3) is 11.4. The van der Waals surface area contributed by atoms with Crippen molar-refractivity contribution in [1.82, 2.24) is 0 Å². The molecule has 2 rings (SSSR count). The van der Waals surface area contributed by atoms with Gasteiger partial charge >= 0.3 is 0 Å². The molecule has 0 bridgehead atoms. The number of hydrogen-bond acceptors (Lipinski definition) is 9. The van der Waals surface area contributed by atoms with Gasteiger partial charge in [-0.25, -0.2) is 0 Å². The van der Waals surface area contributed by atoms with Gasteiger partial charge in [0.15, 0.2) is 23.0 Å². The number of hydrogen-bond donors (Lipinski definition) is 2. The minimum absolute atomic E-state index is 0.0934. The van der Waals surface area contributed by atoms with E-state index in [0.717, 1.165) is 77.0 Å². The van der Waals surface area contributed by atoms with Gasteiger partial charge in [-0.15, -0.1) is 0 Å². The van der Waals surface area contributed by atoms with Gasteiger partial charge in [0.25, 0.3) is 0 Å². The molecule has 0 fully saturated rings. The molecule has 0 amide bonds. The van der Waals surface area contributed by atoms with Gasteiger partial charge in [-0.05, 0) is 38.5 Å². The molecule has 2 aromatic rings. The van der Waals surface area contributed by atoms with E-state index in [-0.39, 0.29) is 57.1 Å². The molecule has 2 aromatic carbocycles. The molecule has 0 radical (unpaired) electrons. The van der Waals surface area contributed by atoms with E-state index in [1.807, 2.05) is 41.5 Å². The average molecular weight is 647 g/mol. The molecule has 0 aliphatic heterocycles. The SMILES string of the molecule is CCCCOc1cc(O)c(OCCCC)c(OCCCC)c1C(=O)c1c(OCCCC)cc(O)c(OCCCC)c1OCCCC. The fraction of sp³-hybridized carbons (Fsp3) is 0.649. The molecule has 9 nitrogen and oxygen atoms in total. The molecule has 0 spiro atoms. The third-order valence-corrected chi connectivity index (χ3v) is 7.30. The summed E-state index contributed by atoms with van der Waals surface area (Å²) in [6.07, 6.45) is 9.77. The number of rotatable bonds is 26. The van der Waals surface area contributed by atoms with E-state index in [4.69, 9.17) is 28.4 Å². The van der Waals surface area contributed by atoms with Gasteiger partial charge in [0.1, 0.15) is 22.6 Å². The number of aromatic hydroxyl groups is 2. The van der Waals surface area contributed by atoms with Crippen LogP contribution in [0.25, 0.3) is 0 Å². The first kappa shape index (κ1) is 38.7. The second kappa shape index (κ2) is 22.1. The number of phenolic OH excluding ortho intramolecular Hbond substituents is 2. The number of benzene rings is 2.